The number of halogens is 1. The molecule has 3 heteroatoms. The van der Waals surface area contributed by atoms with Crippen LogP contribution in [0.1, 0.15) is 58.6 Å². The van der Waals surface area contributed by atoms with Crippen LogP contribution in [0.2, 0.25) is 0 Å². The van der Waals surface area contributed by atoms with Crippen LogP contribution < -0.4 is 10.5 Å². The Kier molecular flexibility index (Phi) is 4.80. The van der Waals surface area contributed by atoms with E-state index in [-0.39, 0.29) is 6.04 Å². The van der Waals surface area contributed by atoms with E-state index in [1.165, 1.54) is 6.42 Å². The number of rotatable bonds is 3. The van der Waals surface area contributed by atoms with Crippen molar-refractivity contribution in [3.8, 4) is 5.75 Å². The lowest BCUT2D eigenvalue weighted by atomic mass is 9.71. The first-order valence-electron chi connectivity index (χ1n) is 7.48. The van der Waals surface area contributed by atoms with E-state index in [2.05, 4.69) is 48.8 Å². The van der Waals surface area contributed by atoms with Gasteiger partial charge in [0.2, 0.25) is 0 Å². The monoisotopic (exact) mass is 339 g/mol. The smallest absolute Gasteiger partial charge is 0.133 e. The Hall–Kier alpha value is -0.540. The number of ether oxygens (including phenoxy) is 1. The Bertz CT molecular complexity index is 470. The van der Waals surface area contributed by atoms with Gasteiger partial charge < -0.3 is 10.5 Å². The van der Waals surface area contributed by atoms with Crippen molar-refractivity contribution in [3.63, 3.8) is 0 Å². The average Bonchev–Trinajstić information content (AvgIpc) is 2.28. The first-order valence-corrected chi connectivity index (χ1v) is 8.28. The second-order valence-electron chi connectivity index (χ2n) is 7.13. The van der Waals surface area contributed by atoms with Crippen LogP contribution in [-0.2, 0) is 0 Å². The van der Waals surface area contributed by atoms with Gasteiger partial charge in [-0.25, -0.2) is 0 Å². The van der Waals surface area contributed by atoms with Gasteiger partial charge in [0.25, 0.3) is 0 Å². The molecule has 20 heavy (non-hydrogen) atoms. The van der Waals surface area contributed by atoms with Crippen LogP contribution in [0.25, 0.3) is 0 Å². The molecule has 2 rings (SSSR count). The van der Waals surface area contributed by atoms with Crippen LogP contribution in [0.3, 0.4) is 0 Å². The summed E-state index contributed by atoms with van der Waals surface area (Å²) < 4.78 is 7.24. The Morgan fingerprint density at radius 2 is 2.05 bits per heavy atom. The molecular formula is C17H26BrNO. The number of hydrogen-bond acceptors (Lipinski definition) is 2. The highest BCUT2D eigenvalue weighted by Gasteiger charge is 2.33. The fourth-order valence-corrected chi connectivity index (χ4v) is 3.91. The zero-order chi connectivity index (χ0) is 14.9. The van der Waals surface area contributed by atoms with Gasteiger partial charge in [-0.1, -0.05) is 26.8 Å². The summed E-state index contributed by atoms with van der Waals surface area (Å²) in [4.78, 5) is 0. The van der Waals surface area contributed by atoms with Gasteiger partial charge in [0.15, 0.2) is 0 Å². The van der Waals surface area contributed by atoms with E-state index in [9.17, 15) is 0 Å². The number of benzene rings is 1. The number of nitrogens with two attached hydrogens (primary N) is 1. The van der Waals surface area contributed by atoms with E-state index >= 15 is 0 Å². The van der Waals surface area contributed by atoms with E-state index in [0.29, 0.717) is 11.5 Å². The standard InChI is InChI=1S/C17H26BrNO/c1-11-7-14(10-17(3,4)9-11)20-16-6-5-13(12(2)19)8-15(16)18/h5-6,8,11-12,14H,7,9-10,19H2,1-4H3. The highest BCUT2D eigenvalue weighted by Crippen LogP contribution is 2.41. The van der Waals surface area contributed by atoms with Crippen molar-refractivity contribution in [2.24, 2.45) is 17.1 Å². The topological polar surface area (TPSA) is 35.2 Å². The van der Waals surface area contributed by atoms with E-state index in [0.717, 1.165) is 34.5 Å². The van der Waals surface area contributed by atoms with Crippen LogP contribution in [0, 0.1) is 11.3 Å². The maximum atomic E-state index is 6.24. The Balaban J connectivity index is 2.10. The van der Waals surface area contributed by atoms with Gasteiger partial charge in [0.1, 0.15) is 5.75 Å². The molecule has 2 N–H and O–H groups in total. The summed E-state index contributed by atoms with van der Waals surface area (Å²) in [7, 11) is 0. The SMILES string of the molecule is CC1CC(Oc2ccc(C(C)N)cc2Br)CC(C)(C)C1. The summed E-state index contributed by atoms with van der Waals surface area (Å²) in [5, 5.41) is 0. The molecular weight excluding hydrogens is 314 g/mol. The van der Waals surface area contributed by atoms with Crippen LogP contribution in [-0.4, -0.2) is 6.10 Å². The summed E-state index contributed by atoms with van der Waals surface area (Å²) in [5.41, 5.74) is 7.41. The highest BCUT2D eigenvalue weighted by atomic mass is 79.9. The van der Waals surface area contributed by atoms with E-state index < -0.39 is 0 Å². The maximum Gasteiger partial charge on any atom is 0.133 e. The van der Waals surface area contributed by atoms with Crippen molar-refractivity contribution >= 4 is 15.9 Å². The fraction of sp³-hybridized carbons (Fsp3) is 0.647. The Labute approximate surface area is 131 Å². The molecule has 3 atom stereocenters. The van der Waals surface area contributed by atoms with Gasteiger partial charge in [0.05, 0.1) is 10.6 Å². The predicted octanol–water partition coefficient (Wildman–Crippen LogP) is 5.06. The largest absolute Gasteiger partial charge is 0.489 e. The lowest BCUT2D eigenvalue weighted by Crippen LogP contribution is -2.34. The summed E-state index contributed by atoms with van der Waals surface area (Å²) in [6.07, 6.45) is 3.87. The molecule has 1 aromatic rings. The quantitative estimate of drug-likeness (QED) is 0.834. The third-order valence-electron chi connectivity index (χ3n) is 4.12. The molecule has 1 aliphatic carbocycles. The predicted molar refractivity (Wildman–Crippen MR) is 88.0 cm³/mol. The fourth-order valence-electron chi connectivity index (χ4n) is 3.42. The van der Waals surface area contributed by atoms with Gasteiger partial charge in [-0.05, 0) is 71.1 Å². The van der Waals surface area contributed by atoms with E-state index in [1.807, 2.05) is 13.0 Å². The molecule has 0 aromatic heterocycles. The van der Waals surface area contributed by atoms with Crippen molar-refractivity contribution < 1.29 is 4.74 Å². The van der Waals surface area contributed by atoms with Gasteiger partial charge in [0, 0.05) is 6.04 Å². The lowest BCUT2D eigenvalue weighted by molar-refractivity contribution is 0.0557. The van der Waals surface area contributed by atoms with Crippen molar-refractivity contribution in [3.05, 3.63) is 28.2 Å². The van der Waals surface area contributed by atoms with Gasteiger partial charge in [-0.3, -0.25) is 0 Å². The first-order chi connectivity index (χ1) is 9.27. The molecule has 0 aliphatic heterocycles. The summed E-state index contributed by atoms with van der Waals surface area (Å²) in [6.45, 7) is 9.00. The third-order valence-corrected chi connectivity index (χ3v) is 4.74. The summed E-state index contributed by atoms with van der Waals surface area (Å²) in [5.74, 6) is 1.66. The minimum absolute atomic E-state index is 0.0500. The lowest BCUT2D eigenvalue weighted by Gasteiger charge is -2.39. The molecule has 0 saturated heterocycles. The van der Waals surface area contributed by atoms with Gasteiger partial charge in [-0.15, -0.1) is 0 Å². The first kappa shape index (κ1) is 15.8. The summed E-state index contributed by atoms with van der Waals surface area (Å²) >= 11 is 3.61. The molecule has 1 aliphatic rings. The second kappa shape index (κ2) is 6.07. The van der Waals surface area contributed by atoms with Crippen molar-refractivity contribution in [1.29, 1.82) is 0 Å². The molecule has 3 unspecified atom stereocenters. The molecule has 0 heterocycles. The molecule has 1 fully saturated rings. The van der Waals surface area contributed by atoms with Crippen molar-refractivity contribution in [2.75, 3.05) is 0 Å². The summed E-state index contributed by atoms with van der Waals surface area (Å²) in [6, 6.07) is 6.21. The van der Waals surface area contributed by atoms with Crippen LogP contribution in [0.4, 0.5) is 0 Å². The Morgan fingerprint density at radius 1 is 1.35 bits per heavy atom. The van der Waals surface area contributed by atoms with Crippen LogP contribution in [0.5, 0.6) is 5.75 Å². The molecule has 0 amide bonds. The van der Waals surface area contributed by atoms with Crippen LogP contribution in [0.15, 0.2) is 22.7 Å². The van der Waals surface area contributed by atoms with Crippen LogP contribution >= 0.6 is 15.9 Å². The molecule has 2 nitrogen and oxygen atoms in total. The van der Waals surface area contributed by atoms with Gasteiger partial charge >= 0.3 is 0 Å². The van der Waals surface area contributed by atoms with Crippen molar-refractivity contribution in [2.45, 2.75) is 59.1 Å². The number of hydrogen-bond donors (Lipinski definition) is 1. The molecule has 1 aromatic carbocycles. The zero-order valence-electron chi connectivity index (χ0n) is 12.9. The van der Waals surface area contributed by atoms with E-state index in [4.69, 9.17) is 10.5 Å². The normalized spacial score (nSPS) is 27.1. The highest BCUT2D eigenvalue weighted by molar-refractivity contribution is 9.10. The molecule has 0 radical (unpaired) electrons. The average molecular weight is 340 g/mol. The maximum absolute atomic E-state index is 6.24. The second-order valence-corrected chi connectivity index (χ2v) is 7.99. The van der Waals surface area contributed by atoms with Gasteiger partial charge in [-0.2, -0.15) is 0 Å². The van der Waals surface area contributed by atoms with Crippen molar-refractivity contribution in [1.82, 2.24) is 0 Å². The Morgan fingerprint density at radius 3 is 2.60 bits per heavy atom. The third kappa shape index (κ3) is 3.98. The zero-order valence-corrected chi connectivity index (χ0v) is 14.5. The molecule has 0 spiro atoms. The molecule has 1 saturated carbocycles. The molecule has 0 bridgehead atoms. The minimum atomic E-state index is 0.0500. The minimum Gasteiger partial charge on any atom is -0.489 e. The van der Waals surface area contributed by atoms with E-state index in [1.54, 1.807) is 0 Å². The molecule has 112 valence electrons.